The fraction of sp³-hybridized carbons (Fsp3) is 0. The summed E-state index contributed by atoms with van der Waals surface area (Å²) >= 11 is 0. The highest BCUT2D eigenvalue weighted by atomic mass is 15.0. The first-order chi connectivity index (χ1) is 30.7. The fourth-order valence-electron chi connectivity index (χ4n) is 9.30. The van der Waals surface area contributed by atoms with Crippen molar-refractivity contribution in [3.05, 3.63) is 237 Å². The van der Waals surface area contributed by atoms with Gasteiger partial charge in [0.05, 0.1) is 33.5 Å². The van der Waals surface area contributed by atoms with E-state index in [-0.39, 0.29) is 0 Å². The van der Waals surface area contributed by atoms with E-state index in [0.29, 0.717) is 0 Å². The molecule has 12 aromatic rings. The maximum Gasteiger partial charge on any atom is 0.0715 e. The predicted octanol–water partition coefficient (Wildman–Crippen LogP) is 15.6. The van der Waals surface area contributed by atoms with Gasteiger partial charge < -0.3 is 9.13 Å². The molecule has 12 rings (SSSR count). The lowest BCUT2D eigenvalue weighted by molar-refractivity contribution is 1.18. The average molecular weight is 790 g/mol. The molecule has 9 aromatic carbocycles. The van der Waals surface area contributed by atoms with E-state index in [1.165, 1.54) is 71.6 Å². The summed E-state index contributed by atoms with van der Waals surface area (Å²) in [4.78, 5) is 5.08. The van der Waals surface area contributed by atoms with Crippen LogP contribution in [0.25, 0.3) is 111 Å². The lowest BCUT2D eigenvalue weighted by Crippen LogP contribution is -1.94. The van der Waals surface area contributed by atoms with Crippen molar-refractivity contribution in [2.75, 3.05) is 0 Å². The normalized spacial score (nSPS) is 11.5. The Kier molecular flexibility index (Phi) is 8.50. The highest BCUT2D eigenvalue weighted by molar-refractivity contribution is 6.12. The van der Waals surface area contributed by atoms with Gasteiger partial charge in [-0.3, -0.25) is 0 Å². The first-order valence-electron chi connectivity index (χ1n) is 21.2. The summed E-state index contributed by atoms with van der Waals surface area (Å²) in [6, 6.07) is 85.2. The van der Waals surface area contributed by atoms with E-state index >= 15 is 0 Å². The van der Waals surface area contributed by atoms with Gasteiger partial charge in [-0.1, -0.05) is 170 Å². The molecule has 0 radical (unpaired) electrons. The molecule has 0 aliphatic heterocycles. The van der Waals surface area contributed by atoms with Crippen molar-refractivity contribution in [1.82, 2.24) is 14.1 Å². The SMILES string of the molecule is c1ccc(-c2cc(-c3ccc(-c4ccc(-n5c6ccccc6c6ccc(-c7ccc8c(c7)c7ccccc7n8-c7ccccc7)cc65)cc4)cc3)cc(-c3ccccc3)n2)cc1. The van der Waals surface area contributed by atoms with Gasteiger partial charge in [0.15, 0.2) is 0 Å². The van der Waals surface area contributed by atoms with Crippen LogP contribution in [0.15, 0.2) is 237 Å². The molecule has 3 heterocycles. The number of para-hydroxylation sites is 3. The molecule has 0 unspecified atom stereocenters. The lowest BCUT2D eigenvalue weighted by Gasteiger charge is -2.12. The van der Waals surface area contributed by atoms with E-state index < -0.39 is 0 Å². The molecule has 0 N–H and O–H groups in total. The molecule has 0 saturated carbocycles. The molecule has 3 aromatic heterocycles. The van der Waals surface area contributed by atoms with Crippen LogP contribution in [0, 0.1) is 0 Å². The Bertz CT molecular complexity index is 3520. The zero-order chi connectivity index (χ0) is 41.0. The van der Waals surface area contributed by atoms with E-state index in [4.69, 9.17) is 4.98 Å². The summed E-state index contributed by atoms with van der Waals surface area (Å²) in [7, 11) is 0. The van der Waals surface area contributed by atoms with Gasteiger partial charge in [0, 0.05) is 44.0 Å². The van der Waals surface area contributed by atoms with Crippen molar-refractivity contribution in [3.63, 3.8) is 0 Å². The molecule has 290 valence electrons. The van der Waals surface area contributed by atoms with Crippen molar-refractivity contribution < 1.29 is 0 Å². The quantitative estimate of drug-likeness (QED) is 0.158. The molecule has 3 heteroatoms. The smallest absolute Gasteiger partial charge is 0.0715 e. The van der Waals surface area contributed by atoms with Gasteiger partial charge in [-0.15, -0.1) is 0 Å². The standard InChI is InChI=1S/C59H39N3/c1-4-14-43(15-5-1)54-37-47(38-55(60-54)44-16-6-2-7-17-44)42-26-24-40(25-27-42)41-28-32-49(33-29-41)62-56-22-12-10-20-50(56)52-34-30-46(39-59(52)62)45-31-35-58-53(36-45)51-21-11-13-23-57(51)61(58)48-18-8-3-9-19-48/h1-39H. The second-order valence-electron chi connectivity index (χ2n) is 16.0. The Morgan fingerprint density at radius 2 is 0.629 bits per heavy atom. The third kappa shape index (κ3) is 6.10. The first-order valence-corrected chi connectivity index (χ1v) is 21.2. The largest absolute Gasteiger partial charge is 0.309 e. The topological polar surface area (TPSA) is 22.8 Å². The number of pyridine rings is 1. The van der Waals surface area contributed by atoms with Gasteiger partial charge in [0.1, 0.15) is 0 Å². The van der Waals surface area contributed by atoms with Crippen molar-refractivity contribution in [2.45, 2.75) is 0 Å². The fourth-order valence-corrected chi connectivity index (χ4v) is 9.30. The van der Waals surface area contributed by atoms with Gasteiger partial charge in [-0.2, -0.15) is 0 Å². The van der Waals surface area contributed by atoms with Crippen LogP contribution < -0.4 is 0 Å². The third-order valence-electron chi connectivity index (χ3n) is 12.3. The molecule has 0 aliphatic rings. The maximum atomic E-state index is 5.08. The molecule has 3 nitrogen and oxygen atoms in total. The van der Waals surface area contributed by atoms with Crippen LogP contribution in [0.1, 0.15) is 0 Å². The molecule has 0 fully saturated rings. The molecule has 0 atom stereocenters. The Morgan fingerprint density at radius 3 is 1.24 bits per heavy atom. The number of hydrogen-bond donors (Lipinski definition) is 0. The summed E-state index contributed by atoms with van der Waals surface area (Å²) in [5.41, 5.74) is 18.3. The van der Waals surface area contributed by atoms with Crippen LogP contribution in [-0.2, 0) is 0 Å². The lowest BCUT2D eigenvalue weighted by atomic mass is 9.97. The first kappa shape index (κ1) is 35.7. The van der Waals surface area contributed by atoms with E-state index in [0.717, 1.165) is 39.3 Å². The molecule has 0 amide bonds. The predicted molar refractivity (Wildman–Crippen MR) is 260 cm³/mol. The molecule has 0 aliphatic carbocycles. The second kappa shape index (κ2) is 14.8. The van der Waals surface area contributed by atoms with Crippen molar-refractivity contribution in [2.24, 2.45) is 0 Å². The minimum absolute atomic E-state index is 0.965. The second-order valence-corrected chi connectivity index (χ2v) is 16.0. The summed E-state index contributed by atoms with van der Waals surface area (Å²) in [6.45, 7) is 0. The summed E-state index contributed by atoms with van der Waals surface area (Å²) in [6.07, 6.45) is 0. The van der Waals surface area contributed by atoms with E-state index in [1.54, 1.807) is 0 Å². The Morgan fingerprint density at radius 1 is 0.226 bits per heavy atom. The van der Waals surface area contributed by atoms with Crippen LogP contribution in [0.3, 0.4) is 0 Å². The number of benzene rings is 9. The number of rotatable bonds is 7. The van der Waals surface area contributed by atoms with Crippen LogP contribution in [0.4, 0.5) is 0 Å². The minimum Gasteiger partial charge on any atom is -0.309 e. The minimum atomic E-state index is 0.965. The van der Waals surface area contributed by atoms with Crippen LogP contribution in [0.2, 0.25) is 0 Å². The monoisotopic (exact) mass is 789 g/mol. The van der Waals surface area contributed by atoms with Crippen molar-refractivity contribution in [1.29, 1.82) is 0 Å². The van der Waals surface area contributed by atoms with Gasteiger partial charge in [0.25, 0.3) is 0 Å². The number of aromatic nitrogens is 3. The van der Waals surface area contributed by atoms with Crippen LogP contribution >= 0.6 is 0 Å². The highest BCUT2D eigenvalue weighted by Gasteiger charge is 2.17. The Balaban J connectivity index is 0.904. The highest BCUT2D eigenvalue weighted by Crippen LogP contribution is 2.39. The maximum absolute atomic E-state index is 5.08. The van der Waals surface area contributed by atoms with Gasteiger partial charge in [0.2, 0.25) is 0 Å². The summed E-state index contributed by atoms with van der Waals surface area (Å²) in [5.74, 6) is 0. The zero-order valence-corrected chi connectivity index (χ0v) is 33.9. The number of nitrogens with zero attached hydrogens (tertiary/aromatic N) is 3. The van der Waals surface area contributed by atoms with E-state index in [9.17, 15) is 0 Å². The average Bonchev–Trinajstić information content (AvgIpc) is 3.87. The van der Waals surface area contributed by atoms with E-state index in [2.05, 4.69) is 234 Å². The Labute approximate surface area is 360 Å². The number of hydrogen-bond acceptors (Lipinski definition) is 1. The third-order valence-corrected chi connectivity index (χ3v) is 12.3. The Hall–Kier alpha value is -8.27. The molecule has 0 saturated heterocycles. The van der Waals surface area contributed by atoms with E-state index in [1.807, 2.05) is 12.1 Å². The molecule has 62 heavy (non-hydrogen) atoms. The molecular weight excluding hydrogens is 751 g/mol. The van der Waals surface area contributed by atoms with Crippen LogP contribution in [0.5, 0.6) is 0 Å². The summed E-state index contributed by atoms with van der Waals surface area (Å²) in [5, 5.41) is 5.00. The molecule has 0 bridgehead atoms. The number of fused-ring (bicyclic) bond motifs is 6. The summed E-state index contributed by atoms with van der Waals surface area (Å²) < 4.78 is 4.79. The van der Waals surface area contributed by atoms with Gasteiger partial charge in [-0.25, -0.2) is 4.98 Å². The van der Waals surface area contributed by atoms with Crippen LogP contribution in [-0.4, -0.2) is 14.1 Å². The molecular formula is C59H39N3. The van der Waals surface area contributed by atoms with Crippen molar-refractivity contribution >= 4 is 43.6 Å². The van der Waals surface area contributed by atoms with Gasteiger partial charge in [-0.05, 0) is 100 Å². The van der Waals surface area contributed by atoms with Crippen molar-refractivity contribution in [3.8, 4) is 67.3 Å². The molecule has 0 spiro atoms. The van der Waals surface area contributed by atoms with Gasteiger partial charge >= 0.3 is 0 Å². The zero-order valence-electron chi connectivity index (χ0n) is 33.9.